The van der Waals surface area contributed by atoms with Gasteiger partial charge in [-0.3, -0.25) is 9.59 Å². The van der Waals surface area contributed by atoms with E-state index in [2.05, 4.69) is 0 Å². The van der Waals surface area contributed by atoms with Gasteiger partial charge in [-0.25, -0.2) is 0 Å². The lowest BCUT2D eigenvalue weighted by Crippen LogP contribution is -2.34. The van der Waals surface area contributed by atoms with Gasteiger partial charge < -0.3 is 14.7 Å². The van der Waals surface area contributed by atoms with E-state index in [4.69, 9.17) is 9.84 Å². The molecule has 0 aromatic carbocycles. The van der Waals surface area contributed by atoms with Gasteiger partial charge in [-0.15, -0.1) is 0 Å². The molecule has 0 aliphatic heterocycles. The van der Waals surface area contributed by atoms with Crippen molar-refractivity contribution in [3.63, 3.8) is 0 Å². The highest BCUT2D eigenvalue weighted by Crippen LogP contribution is 2.32. The van der Waals surface area contributed by atoms with Crippen molar-refractivity contribution < 1.29 is 19.4 Å². The van der Waals surface area contributed by atoms with Crippen molar-refractivity contribution in [2.75, 3.05) is 27.3 Å². The maximum absolute atomic E-state index is 11.9. The molecule has 92 valence electrons. The number of aliphatic carboxylic acids is 1. The van der Waals surface area contributed by atoms with Crippen molar-refractivity contribution in [1.82, 2.24) is 4.90 Å². The lowest BCUT2D eigenvalue weighted by molar-refractivity contribution is -0.141. The highest BCUT2D eigenvalue weighted by atomic mass is 16.5. The van der Waals surface area contributed by atoms with Gasteiger partial charge >= 0.3 is 5.97 Å². The molecule has 1 aliphatic carbocycles. The molecular weight excluding hydrogens is 210 g/mol. The number of hydrogen-bond donors (Lipinski definition) is 1. The number of carboxylic acid groups (broad SMARTS) is 1. The van der Waals surface area contributed by atoms with Gasteiger partial charge in [-0.1, -0.05) is 0 Å². The van der Waals surface area contributed by atoms with Crippen molar-refractivity contribution in [3.05, 3.63) is 0 Å². The van der Waals surface area contributed by atoms with E-state index in [0.29, 0.717) is 32.4 Å². The van der Waals surface area contributed by atoms with E-state index in [1.165, 1.54) is 0 Å². The van der Waals surface area contributed by atoms with Crippen LogP contribution in [0.4, 0.5) is 0 Å². The minimum absolute atomic E-state index is 0.0424. The van der Waals surface area contributed by atoms with Crippen LogP contribution in [0.3, 0.4) is 0 Å². The fourth-order valence-electron chi connectivity index (χ4n) is 2.08. The van der Waals surface area contributed by atoms with E-state index in [1.54, 1.807) is 19.1 Å². The Morgan fingerprint density at radius 2 is 2.00 bits per heavy atom. The van der Waals surface area contributed by atoms with Gasteiger partial charge in [-0.2, -0.15) is 0 Å². The molecule has 0 aromatic heterocycles. The zero-order valence-electron chi connectivity index (χ0n) is 9.81. The summed E-state index contributed by atoms with van der Waals surface area (Å²) in [7, 11) is 3.32. The molecular formula is C11H19NO4. The van der Waals surface area contributed by atoms with Crippen molar-refractivity contribution >= 4 is 11.9 Å². The molecule has 0 aromatic rings. The average Bonchev–Trinajstić information content (AvgIpc) is 2.74. The van der Waals surface area contributed by atoms with Gasteiger partial charge in [0.2, 0.25) is 5.91 Å². The molecule has 5 heteroatoms. The second-order valence-corrected chi connectivity index (χ2v) is 4.30. The summed E-state index contributed by atoms with van der Waals surface area (Å²) < 4.78 is 4.90. The number of carboxylic acids is 1. The maximum Gasteiger partial charge on any atom is 0.306 e. The molecule has 0 unspecified atom stereocenters. The quantitative estimate of drug-likeness (QED) is 0.749. The van der Waals surface area contributed by atoms with E-state index < -0.39 is 5.97 Å². The minimum atomic E-state index is -0.783. The van der Waals surface area contributed by atoms with E-state index in [9.17, 15) is 9.59 Å². The van der Waals surface area contributed by atoms with Crippen molar-refractivity contribution in [3.8, 4) is 0 Å². The Morgan fingerprint density at radius 3 is 2.50 bits per heavy atom. The largest absolute Gasteiger partial charge is 0.481 e. The summed E-state index contributed by atoms with van der Waals surface area (Å²) >= 11 is 0. The molecule has 5 nitrogen and oxygen atoms in total. The summed E-state index contributed by atoms with van der Waals surface area (Å²) in [5.74, 6) is -1.21. The highest BCUT2D eigenvalue weighted by Gasteiger charge is 2.34. The van der Waals surface area contributed by atoms with E-state index in [1.807, 2.05) is 0 Å². The number of carbonyl (C=O) groups excluding carboxylic acids is 1. The zero-order chi connectivity index (χ0) is 12.1. The first kappa shape index (κ1) is 13.0. The molecule has 1 fully saturated rings. The first-order valence-electron chi connectivity index (χ1n) is 5.53. The average molecular weight is 229 g/mol. The Kier molecular flexibility index (Phi) is 4.73. The van der Waals surface area contributed by atoms with E-state index in [-0.39, 0.29) is 17.7 Å². The van der Waals surface area contributed by atoms with E-state index in [0.717, 1.165) is 0 Å². The summed E-state index contributed by atoms with van der Waals surface area (Å²) in [6.45, 7) is 1.07. The van der Waals surface area contributed by atoms with Crippen LogP contribution >= 0.6 is 0 Å². The molecule has 16 heavy (non-hydrogen) atoms. The zero-order valence-corrected chi connectivity index (χ0v) is 9.81. The maximum atomic E-state index is 11.9. The third-order valence-electron chi connectivity index (χ3n) is 3.14. The van der Waals surface area contributed by atoms with Crippen LogP contribution in [0.25, 0.3) is 0 Å². The third kappa shape index (κ3) is 3.20. The smallest absolute Gasteiger partial charge is 0.306 e. The lowest BCUT2D eigenvalue weighted by atomic mass is 10.0. The molecule has 1 rings (SSSR count). The van der Waals surface area contributed by atoms with Crippen LogP contribution < -0.4 is 0 Å². The number of methoxy groups -OCH3 is 1. The van der Waals surface area contributed by atoms with Gasteiger partial charge in [-0.05, 0) is 19.3 Å². The van der Waals surface area contributed by atoms with Crippen LogP contribution in [0.5, 0.6) is 0 Å². The molecule has 0 saturated heterocycles. The molecule has 0 bridgehead atoms. The normalized spacial score (nSPS) is 24.4. The Hall–Kier alpha value is -1.10. The van der Waals surface area contributed by atoms with Crippen LogP contribution in [0.2, 0.25) is 0 Å². The summed E-state index contributed by atoms with van der Waals surface area (Å²) in [6.07, 6.45) is 1.78. The van der Waals surface area contributed by atoms with Crippen LogP contribution in [0.1, 0.15) is 19.3 Å². The molecule has 2 atom stereocenters. The van der Waals surface area contributed by atoms with Crippen LogP contribution in [-0.4, -0.2) is 49.2 Å². The molecule has 1 amide bonds. The minimum Gasteiger partial charge on any atom is -0.481 e. The van der Waals surface area contributed by atoms with Crippen molar-refractivity contribution in [2.24, 2.45) is 11.8 Å². The Morgan fingerprint density at radius 1 is 1.38 bits per heavy atom. The Labute approximate surface area is 95.4 Å². The Bertz CT molecular complexity index is 267. The van der Waals surface area contributed by atoms with Gasteiger partial charge in [0, 0.05) is 26.6 Å². The van der Waals surface area contributed by atoms with Gasteiger partial charge in [0.15, 0.2) is 0 Å². The summed E-state index contributed by atoms with van der Waals surface area (Å²) in [5.41, 5.74) is 0. The van der Waals surface area contributed by atoms with Gasteiger partial charge in [0.25, 0.3) is 0 Å². The SMILES string of the molecule is COCCN(C)C(=O)[C@@H]1CC[C@H](C(=O)O)C1. The van der Waals surface area contributed by atoms with E-state index >= 15 is 0 Å². The monoisotopic (exact) mass is 229 g/mol. The second kappa shape index (κ2) is 5.84. The molecule has 0 spiro atoms. The van der Waals surface area contributed by atoms with Crippen molar-refractivity contribution in [1.29, 1.82) is 0 Å². The molecule has 1 N–H and O–H groups in total. The summed E-state index contributed by atoms with van der Waals surface area (Å²) in [5, 5.41) is 8.85. The standard InChI is InChI=1S/C11H19NO4/c1-12(5-6-16-2)10(13)8-3-4-9(7-8)11(14)15/h8-9H,3-7H2,1-2H3,(H,14,15)/t8-,9+/m1/s1. The summed E-state index contributed by atoms with van der Waals surface area (Å²) in [4.78, 5) is 24.3. The number of nitrogens with zero attached hydrogens (tertiary/aromatic N) is 1. The topological polar surface area (TPSA) is 66.8 Å². The first-order valence-corrected chi connectivity index (χ1v) is 5.53. The van der Waals surface area contributed by atoms with Crippen molar-refractivity contribution in [2.45, 2.75) is 19.3 Å². The van der Waals surface area contributed by atoms with Crippen LogP contribution in [0.15, 0.2) is 0 Å². The molecule has 0 heterocycles. The Balaban J connectivity index is 2.41. The molecule has 1 aliphatic rings. The molecule has 0 radical (unpaired) electrons. The van der Waals surface area contributed by atoms with Crippen LogP contribution in [-0.2, 0) is 14.3 Å². The predicted molar refractivity (Wildman–Crippen MR) is 58.0 cm³/mol. The fraction of sp³-hybridized carbons (Fsp3) is 0.818. The number of rotatable bonds is 5. The first-order chi connectivity index (χ1) is 7.56. The van der Waals surface area contributed by atoms with Gasteiger partial charge in [0.05, 0.1) is 12.5 Å². The number of carbonyl (C=O) groups is 2. The lowest BCUT2D eigenvalue weighted by Gasteiger charge is -2.20. The van der Waals surface area contributed by atoms with Crippen LogP contribution in [0, 0.1) is 11.8 Å². The number of amides is 1. The predicted octanol–water partition coefficient (Wildman–Crippen LogP) is 0.592. The van der Waals surface area contributed by atoms with Gasteiger partial charge in [0.1, 0.15) is 0 Å². The number of likely N-dealkylation sites (N-methyl/N-ethyl adjacent to an activating group) is 1. The number of hydrogen-bond acceptors (Lipinski definition) is 3. The third-order valence-corrected chi connectivity index (χ3v) is 3.14. The molecule has 1 saturated carbocycles. The fourth-order valence-corrected chi connectivity index (χ4v) is 2.08. The highest BCUT2D eigenvalue weighted by molar-refractivity contribution is 5.80. The number of ether oxygens (including phenoxy) is 1. The second-order valence-electron chi connectivity index (χ2n) is 4.30. The summed E-state index contributed by atoms with van der Waals surface area (Å²) in [6, 6.07) is 0.